The molecule has 3 aromatic rings. The molecule has 1 amide bonds. The summed E-state index contributed by atoms with van der Waals surface area (Å²) in [6.07, 6.45) is 3.92. The quantitative estimate of drug-likeness (QED) is 0.659. The summed E-state index contributed by atoms with van der Waals surface area (Å²) in [7, 11) is 0. The van der Waals surface area contributed by atoms with Crippen LogP contribution < -0.4 is 15.5 Å². The Bertz CT molecular complexity index is 953. The lowest BCUT2D eigenvalue weighted by molar-refractivity contribution is 0.0934. The van der Waals surface area contributed by atoms with Crippen LogP contribution in [0.25, 0.3) is 0 Å². The van der Waals surface area contributed by atoms with Gasteiger partial charge in [0.25, 0.3) is 5.91 Å². The molecule has 1 aliphatic rings. The lowest BCUT2D eigenvalue weighted by atomic mass is 10.1. The largest absolute Gasteiger partial charge is 0.372 e. The highest BCUT2D eigenvalue weighted by Crippen LogP contribution is 2.23. The van der Waals surface area contributed by atoms with E-state index in [1.807, 2.05) is 49.4 Å². The number of carbonyl (C=O) groups excluding carboxylic acids is 1. The number of carbonyl (C=O) groups is 1. The number of anilines is 3. The molecule has 1 aromatic heterocycles. The van der Waals surface area contributed by atoms with E-state index in [1.54, 1.807) is 6.07 Å². The topological polar surface area (TPSA) is 70.2 Å². The zero-order chi connectivity index (χ0) is 20.1. The summed E-state index contributed by atoms with van der Waals surface area (Å²) in [4.78, 5) is 23.3. The third-order valence-corrected chi connectivity index (χ3v) is 5.16. The monoisotopic (exact) mass is 387 g/mol. The highest BCUT2D eigenvalue weighted by molar-refractivity contribution is 5.93. The summed E-state index contributed by atoms with van der Waals surface area (Å²) in [6.45, 7) is 4.20. The number of aromatic nitrogens is 2. The van der Waals surface area contributed by atoms with Gasteiger partial charge < -0.3 is 15.5 Å². The molecule has 0 spiro atoms. The average molecular weight is 387 g/mol. The van der Waals surface area contributed by atoms with Crippen molar-refractivity contribution < 1.29 is 4.79 Å². The van der Waals surface area contributed by atoms with Crippen LogP contribution in [0.1, 0.15) is 41.9 Å². The van der Waals surface area contributed by atoms with Crippen LogP contribution in [-0.2, 0) is 0 Å². The Balaban J connectivity index is 1.41. The summed E-state index contributed by atoms with van der Waals surface area (Å²) in [6, 6.07) is 19.7. The summed E-state index contributed by atoms with van der Waals surface area (Å²) < 4.78 is 0. The van der Waals surface area contributed by atoms with E-state index >= 15 is 0 Å². The molecule has 2 N–H and O–H groups in total. The van der Waals surface area contributed by atoms with E-state index in [1.165, 1.54) is 24.9 Å². The van der Waals surface area contributed by atoms with Crippen LogP contribution in [0.5, 0.6) is 0 Å². The van der Waals surface area contributed by atoms with Crippen LogP contribution in [0.4, 0.5) is 17.2 Å². The van der Waals surface area contributed by atoms with Crippen molar-refractivity contribution >= 4 is 23.1 Å². The van der Waals surface area contributed by atoms with Crippen LogP contribution in [0.15, 0.2) is 67.0 Å². The van der Waals surface area contributed by atoms with Crippen molar-refractivity contribution in [1.29, 1.82) is 0 Å². The van der Waals surface area contributed by atoms with Gasteiger partial charge in [-0.05, 0) is 49.6 Å². The van der Waals surface area contributed by atoms with Crippen molar-refractivity contribution in [3.05, 3.63) is 78.2 Å². The van der Waals surface area contributed by atoms with Crippen LogP contribution in [0.2, 0.25) is 0 Å². The maximum absolute atomic E-state index is 12.6. The molecule has 0 saturated carbocycles. The lowest BCUT2D eigenvalue weighted by Crippen LogP contribution is -2.27. The zero-order valence-corrected chi connectivity index (χ0v) is 16.5. The molecule has 1 aliphatic heterocycles. The Morgan fingerprint density at radius 3 is 2.45 bits per heavy atom. The van der Waals surface area contributed by atoms with E-state index in [4.69, 9.17) is 0 Å². The molecule has 1 fully saturated rings. The van der Waals surface area contributed by atoms with Gasteiger partial charge in [-0.2, -0.15) is 0 Å². The number of nitrogens with zero attached hydrogens (tertiary/aromatic N) is 3. The molecule has 0 radical (unpaired) electrons. The first kappa shape index (κ1) is 18.9. The number of rotatable bonds is 6. The molecule has 4 rings (SSSR count). The van der Waals surface area contributed by atoms with Crippen molar-refractivity contribution in [3.8, 4) is 0 Å². The van der Waals surface area contributed by atoms with E-state index < -0.39 is 0 Å². The van der Waals surface area contributed by atoms with Crippen LogP contribution in [0, 0.1) is 0 Å². The fourth-order valence-corrected chi connectivity index (χ4v) is 3.52. The van der Waals surface area contributed by atoms with Crippen LogP contribution in [0.3, 0.4) is 0 Å². The number of benzene rings is 2. The van der Waals surface area contributed by atoms with Gasteiger partial charge in [-0.25, -0.2) is 9.97 Å². The van der Waals surface area contributed by atoms with Crippen LogP contribution in [-0.4, -0.2) is 29.0 Å². The fraction of sp³-hybridized carbons (Fsp3) is 0.261. The molecule has 2 heterocycles. The highest BCUT2D eigenvalue weighted by Gasteiger charge is 2.14. The number of nitrogens with one attached hydrogen (secondary N) is 2. The Kier molecular flexibility index (Phi) is 5.70. The average Bonchev–Trinajstić information content (AvgIpc) is 3.30. The van der Waals surface area contributed by atoms with Gasteiger partial charge in [-0.1, -0.05) is 30.3 Å². The minimum atomic E-state index is -0.226. The highest BCUT2D eigenvalue weighted by atomic mass is 16.1. The molecular formula is C23H25N5O. The molecule has 6 heteroatoms. The number of hydrogen-bond acceptors (Lipinski definition) is 5. The molecule has 1 unspecified atom stereocenters. The Morgan fingerprint density at radius 2 is 1.72 bits per heavy atom. The van der Waals surface area contributed by atoms with E-state index in [-0.39, 0.29) is 11.9 Å². The van der Waals surface area contributed by atoms with E-state index in [0.29, 0.717) is 11.5 Å². The standard InChI is InChI=1S/C23H25N5O/c1-17(18-7-3-2-4-8-18)26-23(29)21-15-22(25-16-24-21)27-19-9-11-20(12-10-19)28-13-5-6-14-28/h2-4,7-12,15-17H,5-6,13-14H2,1H3,(H,26,29)(H,24,25,27). The zero-order valence-electron chi connectivity index (χ0n) is 16.5. The first-order valence-electron chi connectivity index (χ1n) is 9.99. The first-order chi connectivity index (χ1) is 14.2. The second-order valence-electron chi connectivity index (χ2n) is 7.26. The van der Waals surface area contributed by atoms with Gasteiger partial charge >= 0.3 is 0 Å². The van der Waals surface area contributed by atoms with Crippen molar-refractivity contribution in [2.45, 2.75) is 25.8 Å². The second-order valence-corrected chi connectivity index (χ2v) is 7.26. The smallest absolute Gasteiger partial charge is 0.270 e. The molecule has 1 atom stereocenters. The molecule has 2 aromatic carbocycles. The number of hydrogen-bond donors (Lipinski definition) is 2. The van der Waals surface area contributed by atoms with E-state index in [2.05, 4.69) is 37.6 Å². The molecule has 1 saturated heterocycles. The third kappa shape index (κ3) is 4.71. The molecular weight excluding hydrogens is 362 g/mol. The third-order valence-electron chi connectivity index (χ3n) is 5.16. The van der Waals surface area contributed by atoms with Crippen molar-refractivity contribution in [2.24, 2.45) is 0 Å². The molecule has 6 nitrogen and oxygen atoms in total. The first-order valence-corrected chi connectivity index (χ1v) is 9.99. The minimum Gasteiger partial charge on any atom is -0.372 e. The predicted octanol–water partition coefficient (Wildman–Crippen LogP) is 4.31. The summed E-state index contributed by atoms with van der Waals surface area (Å²) in [5, 5.41) is 6.23. The normalized spacial score (nSPS) is 14.4. The lowest BCUT2D eigenvalue weighted by Gasteiger charge is -2.18. The molecule has 148 valence electrons. The summed E-state index contributed by atoms with van der Waals surface area (Å²) >= 11 is 0. The van der Waals surface area contributed by atoms with E-state index in [9.17, 15) is 4.79 Å². The van der Waals surface area contributed by atoms with Gasteiger partial charge in [-0.3, -0.25) is 4.79 Å². The SMILES string of the molecule is CC(NC(=O)c1cc(Nc2ccc(N3CCCC3)cc2)ncn1)c1ccccc1. The second kappa shape index (κ2) is 8.73. The summed E-state index contributed by atoms with van der Waals surface area (Å²) in [5.41, 5.74) is 3.55. The van der Waals surface area contributed by atoms with E-state index in [0.717, 1.165) is 24.3 Å². The van der Waals surface area contributed by atoms with Crippen molar-refractivity contribution in [1.82, 2.24) is 15.3 Å². The summed E-state index contributed by atoms with van der Waals surface area (Å²) in [5.74, 6) is 0.364. The van der Waals surface area contributed by atoms with Gasteiger partial charge in [0.05, 0.1) is 6.04 Å². The van der Waals surface area contributed by atoms with Gasteiger partial charge in [0.1, 0.15) is 17.8 Å². The molecule has 0 bridgehead atoms. The Hall–Kier alpha value is -3.41. The molecule has 29 heavy (non-hydrogen) atoms. The maximum atomic E-state index is 12.6. The van der Waals surface area contributed by atoms with Gasteiger partial charge in [0.15, 0.2) is 0 Å². The van der Waals surface area contributed by atoms with Crippen LogP contribution >= 0.6 is 0 Å². The number of amides is 1. The van der Waals surface area contributed by atoms with Gasteiger partial charge in [-0.15, -0.1) is 0 Å². The Morgan fingerprint density at radius 1 is 1.00 bits per heavy atom. The van der Waals surface area contributed by atoms with Crippen molar-refractivity contribution in [2.75, 3.05) is 23.3 Å². The Labute approximate surface area is 171 Å². The maximum Gasteiger partial charge on any atom is 0.270 e. The van der Waals surface area contributed by atoms with Gasteiger partial charge in [0, 0.05) is 30.5 Å². The minimum absolute atomic E-state index is 0.104. The molecule has 0 aliphatic carbocycles. The fourth-order valence-electron chi connectivity index (χ4n) is 3.52. The predicted molar refractivity (Wildman–Crippen MR) is 116 cm³/mol. The van der Waals surface area contributed by atoms with Gasteiger partial charge in [0.2, 0.25) is 0 Å². The van der Waals surface area contributed by atoms with Crippen molar-refractivity contribution in [3.63, 3.8) is 0 Å².